The maximum Gasteiger partial charge on any atom is 0.265 e. The zero-order chi connectivity index (χ0) is 21.5. The predicted molar refractivity (Wildman–Crippen MR) is 115 cm³/mol. The third-order valence-corrected chi connectivity index (χ3v) is 4.27. The number of amides is 3. The van der Waals surface area contributed by atoms with E-state index >= 15 is 0 Å². The van der Waals surface area contributed by atoms with E-state index in [1.165, 1.54) is 12.1 Å². The summed E-state index contributed by atoms with van der Waals surface area (Å²) in [5.74, 6) is -1.00. The first kappa shape index (κ1) is 20.6. The molecule has 0 radical (unpaired) electrons. The number of nitrogens with one attached hydrogen (secondary N) is 2. The molecule has 30 heavy (non-hydrogen) atoms. The summed E-state index contributed by atoms with van der Waals surface area (Å²) in [5, 5.41) is 5.50. The van der Waals surface area contributed by atoms with Crippen LogP contribution in [0.5, 0.6) is 5.75 Å². The molecule has 3 amide bonds. The largest absolute Gasteiger partial charge is 0.480 e. The zero-order valence-electron chi connectivity index (χ0n) is 16.3. The van der Waals surface area contributed by atoms with Gasteiger partial charge in [-0.15, -0.1) is 0 Å². The van der Waals surface area contributed by atoms with Crippen LogP contribution in [0.2, 0.25) is 0 Å². The maximum atomic E-state index is 12.6. The molecule has 7 heteroatoms. The van der Waals surface area contributed by atoms with Crippen molar-refractivity contribution in [2.75, 3.05) is 10.6 Å². The summed E-state index contributed by atoms with van der Waals surface area (Å²) in [6, 6.07) is 21.9. The lowest BCUT2D eigenvalue weighted by Gasteiger charge is -2.17. The molecule has 0 unspecified atom stereocenters. The van der Waals surface area contributed by atoms with Crippen molar-refractivity contribution >= 4 is 29.1 Å². The van der Waals surface area contributed by atoms with Gasteiger partial charge in [-0.05, 0) is 55.5 Å². The van der Waals surface area contributed by atoms with Crippen molar-refractivity contribution < 1.29 is 19.1 Å². The van der Waals surface area contributed by atoms with Crippen LogP contribution in [-0.2, 0) is 4.79 Å². The molecule has 0 aliphatic rings. The van der Waals surface area contributed by atoms with Crippen molar-refractivity contribution in [3.63, 3.8) is 0 Å². The van der Waals surface area contributed by atoms with Crippen molar-refractivity contribution in [2.45, 2.75) is 13.0 Å². The fourth-order valence-corrected chi connectivity index (χ4v) is 2.68. The van der Waals surface area contributed by atoms with Crippen molar-refractivity contribution in [1.29, 1.82) is 0 Å². The number of para-hydroxylation sites is 2. The van der Waals surface area contributed by atoms with Gasteiger partial charge in [0.1, 0.15) is 5.75 Å². The van der Waals surface area contributed by atoms with E-state index in [4.69, 9.17) is 10.5 Å². The van der Waals surface area contributed by atoms with E-state index in [1.54, 1.807) is 55.5 Å². The molecule has 7 nitrogen and oxygen atoms in total. The highest BCUT2D eigenvalue weighted by molar-refractivity contribution is 6.06. The predicted octanol–water partition coefficient (Wildman–Crippen LogP) is 3.44. The first-order valence-electron chi connectivity index (χ1n) is 9.27. The Labute approximate surface area is 173 Å². The van der Waals surface area contributed by atoms with Gasteiger partial charge in [0, 0.05) is 16.9 Å². The van der Waals surface area contributed by atoms with E-state index in [1.807, 2.05) is 18.2 Å². The highest BCUT2D eigenvalue weighted by atomic mass is 16.5. The number of ether oxygens (including phenoxy) is 1. The van der Waals surface area contributed by atoms with Crippen LogP contribution in [0, 0.1) is 0 Å². The Morgan fingerprint density at radius 2 is 1.40 bits per heavy atom. The normalized spacial score (nSPS) is 11.2. The molecule has 0 aliphatic heterocycles. The van der Waals surface area contributed by atoms with Gasteiger partial charge in [-0.1, -0.05) is 30.3 Å². The Hall–Kier alpha value is -4.13. The molecule has 0 fully saturated rings. The summed E-state index contributed by atoms with van der Waals surface area (Å²) in [6.07, 6.45) is -0.869. The first-order chi connectivity index (χ1) is 14.4. The average molecular weight is 403 g/mol. The molecule has 0 aliphatic carbocycles. The summed E-state index contributed by atoms with van der Waals surface area (Å²) in [5.41, 5.74) is 7.01. The van der Waals surface area contributed by atoms with E-state index < -0.39 is 17.9 Å². The Morgan fingerprint density at radius 3 is 2.07 bits per heavy atom. The molecular formula is C23H21N3O4. The smallest absolute Gasteiger partial charge is 0.265 e. The number of hydrogen-bond acceptors (Lipinski definition) is 4. The zero-order valence-corrected chi connectivity index (χ0v) is 16.3. The number of hydrogen-bond donors (Lipinski definition) is 3. The maximum absolute atomic E-state index is 12.6. The minimum Gasteiger partial charge on any atom is -0.480 e. The molecule has 152 valence electrons. The Kier molecular flexibility index (Phi) is 6.44. The molecule has 0 bridgehead atoms. The minimum absolute atomic E-state index is 0.289. The Morgan fingerprint density at radius 1 is 0.800 bits per heavy atom. The molecule has 0 heterocycles. The number of carbonyl (C=O) groups excluding carboxylic acids is 3. The molecule has 1 atom stereocenters. The van der Waals surface area contributed by atoms with Gasteiger partial charge in [-0.2, -0.15) is 0 Å². The molecule has 0 spiro atoms. The molecule has 0 aromatic heterocycles. The number of rotatable bonds is 7. The second kappa shape index (κ2) is 9.38. The lowest BCUT2D eigenvalue weighted by Crippen LogP contribution is -2.30. The number of nitrogens with two attached hydrogens (primary N) is 1. The minimum atomic E-state index is -0.869. The highest BCUT2D eigenvalue weighted by Crippen LogP contribution is 2.21. The van der Waals surface area contributed by atoms with Crippen LogP contribution >= 0.6 is 0 Å². The van der Waals surface area contributed by atoms with Crippen molar-refractivity contribution in [2.24, 2.45) is 5.73 Å². The third kappa shape index (κ3) is 5.23. The van der Waals surface area contributed by atoms with Crippen LogP contribution in [0.1, 0.15) is 27.6 Å². The van der Waals surface area contributed by atoms with Gasteiger partial charge in [0.15, 0.2) is 6.10 Å². The first-order valence-corrected chi connectivity index (χ1v) is 9.27. The van der Waals surface area contributed by atoms with Crippen LogP contribution in [0.3, 0.4) is 0 Å². The van der Waals surface area contributed by atoms with Crippen LogP contribution < -0.4 is 21.1 Å². The highest BCUT2D eigenvalue weighted by Gasteiger charge is 2.19. The van der Waals surface area contributed by atoms with Gasteiger partial charge in [0.2, 0.25) is 5.91 Å². The van der Waals surface area contributed by atoms with E-state index in [-0.39, 0.29) is 11.7 Å². The van der Waals surface area contributed by atoms with Gasteiger partial charge in [-0.25, -0.2) is 0 Å². The average Bonchev–Trinajstić information content (AvgIpc) is 2.75. The van der Waals surface area contributed by atoms with Crippen LogP contribution in [0.15, 0.2) is 78.9 Å². The van der Waals surface area contributed by atoms with E-state index in [0.29, 0.717) is 22.5 Å². The lowest BCUT2D eigenvalue weighted by molar-refractivity contribution is -0.122. The molecule has 0 saturated heterocycles. The standard InChI is InChI=1S/C23H21N3O4/c1-15(22(28)25-18-13-11-16(12-14-18)21(24)27)30-20-10-6-5-9-19(20)23(29)26-17-7-3-2-4-8-17/h2-15H,1H3,(H2,24,27)(H,25,28)(H,26,29)/t15-/m0/s1. The lowest BCUT2D eigenvalue weighted by atomic mass is 10.1. The fraction of sp³-hybridized carbons (Fsp3) is 0.0870. The second-order valence-electron chi connectivity index (χ2n) is 6.51. The second-order valence-corrected chi connectivity index (χ2v) is 6.51. The van der Waals surface area contributed by atoms with Crippen LogP contribution in [0.4, 0.5) is 11.4 Å². The summed E-state index contributed by atoms with van der Waals surface area (Å²) in [6.45, 7) is 1.58. The van der Waals surface area contributed by atoms with Crippen molar-refractivity contribution in [3.8, 4) is 5.75 Å². The van der Waals surface area contributed by atoms with Crippen molar-refractivity contribution in [1.82, 2.24) is 0 Å². The topological polar surface area (TPSA) is 111 Å². The van der Waals surface area contributed by atoms with Gasteiger partial charge >= 0.3 is 0 Å². The summed E-state index contributed by atoms with van der Waals surface area (Å²) in [7, 11) is 0. The summed E-state index contributed by atoms with van der Waals surface area (Å²) < 4.78 is 5.75. The van der Waals surface area contributed by atoms with Gasteiger partial charge in [0.05, 0.1) is 5.56 Å². The Bertz CT molecular complexity index is 1050. The summed E-state index contributed by atoms with van der Waals surface area (Å²) >= 11 is 0. The number of primary amides is 1. The van der Waals surface area contributed by atoms with Crippen LogP contribution in [0.25, 0.3) is 0 Å². The van der Waals surface area contributed by atoms with E-state index in [9.17, 15) is 14.4 Å². The third-order valence-electron chi connectivity index (χ3n) is 4.27. The monoisotopic (exact) mass is 403 g/mol. The van der Waals surface area contributed by atoms with Gasteiger partial charge < -0.3 is 21.1 Å². The Balaban J connectivity index is 1.67. The molecule has 4 N–H and O–H groups in total. The molecule has 3 aromatic carbocycles. The number of carbonyl (C=O) groups is 3. The quantitative estimate of drug-likeness (QED) is 0.561. The van der Waals surface area contributed by atoms with Gasteiger partial charge in [-0.3, -0.25) is 14.4 Å². The number of anilines is 2. The van der Waals surface area contributed by atoms with E-state index in [2.05, 4.69) is 10.6 Å². The van der Waals surface area contributed by atoms with Crippen LogP contribution in [-0.4, -0.2) is 23.8 Å². The fourth-order valence-electron chi connectivity index (χ4n) is 2.68. The van der Waals surface area contributed by atoms with Gasteiger partial charge in [0.25, 0.3) is 11.8 Å². The SMILES string of the molecule is C[C@H](Oc1ccccc1C(=O)Nc1ccccc1)C(=O)Nc1ccc(C(N)=O)cc1. The van der Waals surface area contributed by atoms with E-state index in [0.717, 1.165) is 0 Å². The molecule has 3 rings (SSSR count). The summed E-state index contributed by atoms with van der Waals surface area (Å²) in [4.78, 5) is 36.2. The van der Waals surface area contributed by atoms with Crippen molar-refractivity contribution in [3.05, 3.63) is 90.0 Å². The molecule has 0 saturated carbocycles. The molecule has 3 aromatic rings. The number of benzene rings is 3. The molecular weight excluding hydrogens is 382 g/mol.